The first kappa shape index (κ1) is 12.6. The highest BCUT2D eigenvalue weighted by atomic mass is 35.5. The number of benzene rings is 2. The smallest absolute Gasteiger partial charge is 0.341 e. The van der Waals surface area contributed by atoms with Crippen LogP contribution in [0.1, 0.15) is 23.5 Å². The lowest BCUT2D eigenvalue weighted by Gasteiger charge is -2.02. The van der Waals surface area contributed by atoms with E-state index in [1.54, 1.807) is 0 Å². The number of halogens is 1. The second kappa shape index (κ2) is 4.43. The van der Waals surface area contributed by atoms with E-state index in [4.69, 9.17) is 16.3 Å². The minimum atomic E-state index is -0.723. The Hall–Kier alpha value is -2.13. The molecule has 1 unspecified atom stereocenters. The van der Waals surface area contributed by atoms with Crippen LogP contribution in [0.4, 0.5) is 0 Å². The number of hydrogen-bond acceptors (Lipinski definition) is 3. The number of aliphatic imine (C=N–C) groups is 1. The van der Waals surface area contributed by atoms with Gasteiger partial charge in [-0.25, -0.2) is 9.79 Å². The number of carbonyl (C=O) groups excluding carboxylic acids is 1. The summed E-state index contributed by atoms with van der Waals surface area (Å²) >= 11 is 5.90. The lowest BCUT2D eigenvalue weighted by Crippen LogP contribution is -2.18. The maximum Gasteiger partial charge on any atom is 0.341 e. The van der Waals surface area contributed by atoms with Gasteiger partial charge in [-0.15, -0.1) is 0 Å². The zero-order chi connectivity index (χ0) is 14.4. The van der Waals surface area contributed by atoms with Gasteiger partial charge >= 0.3 is 5.97 Å². The van der Waals surface area contributed by atoms with Crippen LogP contribution in [0.15, 0.2) is 59.6 Å². The van der Waals surface area contributed by atoms with Crippen LogP contribution < -0.4 is 0 Å². The average molecular weight is 298 g/mol. The quantitative estimate of drug-likeness (QED) is 0.795. The number of carbonyl (C=O) groups is 1. The van der Waals surface area contributed by atoms with E-state index in [0.717, 1.165) is 11.1 Å². The van der Waals surface area contributed by atoms with Crippen molar-refractivity contribution in [2.24, 2.45) is 4.99 Å². The van der Waals surface area contributed by atoms with E-state index in [0.29, 0.717) is 17.3 Å². The van der Waals surface area contributed by atoms with E-state index in [9.17, 15) is 4.79 Å². The van der Waals surface area contributed by atoms with Crippen LogP contribution in [0.2, 0.25) is 5.02 Å². The van der Waals surface area contributed by atoms with Crippen LogP contribution in [0, 0.1) is 0 Å². The highest BCUT2D eigenvalue weighted by Crippen LogP contribution is 2.57. The molecule has 21 heavy (non-hydrogen) atoms. The Bertz CT molecular complexity index is 739. The fourth-order valence-electron chi connectivity index (χ4n) is 2.82. The molecular formula is C17H12ClNO2. The second-order valence-corrected chi connectivity index (χ2v) is 5.84. The van der Waals surface area contributed by atoms with Crippen molar-refractivity contribution in [1.82, 2.24) is 0 Å². The largest absolute Gasteiger partial charge is 0.405 e. The summed E-state index contributed by atoms with van der Waals surface area (Å²) in [5, 5.41) is 0.691. The van der Waals surface area contributed by atoms with Crippen LogP contribution in [-0.4, -0.2) is 17.4 Å². The molecule has 4 rings (SSSR count). The molecule has 1 heterocycles. The Morgan fingerprint density at radius 2 is 1.81 bits per heavy atom. The van der Waals surface area contributed by atoms with Gasteiger partial charge in [0.1, 0.15) is 0 Å². The third-order valence-electron chi connectivity index (χ3n) is 4.07. The molecule has 2 atom stereocenters. The van der Waals surface area contributed by atoms with Gasteiger partial charge in [-0.2, -0.15) is 0 Å². The predicted molar refractivity (Wildman–Crippen MR) is 80.6 cm³/mol. The number of rotatable bonds is 2. The highest BCUT2D eigenvalue weighted by molar-refractivity contribution is 6.30. The molecular weight excluding hydrogens is 286 g/mol. The maximum absolute atomic E-state index is 12.2. The Balaban J connectivity index is 1.66. The molecule has 0 bridgehead atoms. The maximum atomic E-state index is 12.2. The summed E-state index contributed by atoms with van der Waals surface area (Å²) in [4.78, 5) is 16.8. The van der Waals surface area contributed by atoms with Crippen LogP contribution in [0.25, 0.3) is 0 Å². The summed E-state index contributed by atoms with van der Waals surface area (Å²) in [6, 6.07) is 17.1. The SMILES string of the molecule is O=C1OC(c2ccccc2)=NC12C[C@@H]2c1ccc(Cl)cc1. The molecule has 1 aliphatic carbocycles. The highest BCUT2D eigenvalue weighted by Gasteiger charge is 2.65. The fraction of sp³-hybridized carbons (Fsp3) is 0.176. The van der Waals surface area contributed by atoms with Crippen molar-refractivity contribution < 1.29 is 9.53 Å². The van der Waals surface area contributed by atoms with Crippen LogP contribution >= 0.6 is 11.6 Å². The van der Waals surface area contributed by atoms with Crippen molar-refractivity contribution in [3.8, 4) is 0 Å². The molecule has 4 heteroatoms. The van der Waals surface area contributed by atoms with Crippen molar-refractivity contribution >= 4 is 23.5 Å². The number of hydrogen-bond donors (Lipinski definition) is 0. The molecule has 3 nitrogen and oxygen atoms in total. The van der Waals surface area contributed by atoms with Crippen molar-refractivity contribution in [2.75, 3.05) is 0 Å². The molecule has 2 aliphatic rings. The minimum Gasteiger partial charge on any atom is -0.405 e. The summed E-state index contributed by atoms with van der Waals surface area (Å²) in [6.07, 6.45) is 0.698. The van der Waals surface area contributed by atoms with Crippen LogP contribution in [0.3, 0.4) is 0 Å². The first-order chi connectivity index (χ1) is 10.2. The fourth-order valence-corrected chi connectivity index (χ4v) is 2.95. The molecule has 104 valence electrons. The Labute approximate surface area is 127 Å². The number of esters is 1. The van der Waals surface area contributed by atoms with Gasteiger partial charge in [0, 0.05) is 16.5 Å². The topological polar surface area (TPSA) is 38.7 Å². The Kier molecular flexibility index (Phi) is 2.66. The van der Waals surface area contributed by atoms with Crippen molar-refractivity contribution in [1.29, 1.82) is 0 Å². The van der Waals surface area contributed by atoms with Crippen molar-refractivity contribution in [3.05, 3.63) is 70.7 Å². The van der Waals surface area contributed by atoms with E-state index in [-0.39, 0.29) is 11.9 Å². The molecule has 1 saturated carbocycles. The Morgan fingerprint density at radius 3 is 2.52 bits per heavy atom. The van der Waals surface area contributed by atoms with E-state index in [1.165, 1.54) is 0 Å². The molecule has 1 aliphatic heterocycles. The van der Waals surface area contributed by atoms with E-state index >= 15 is 0 Å². The monoisotopic (exact) mass is 297 g/mol. The van der Waals surface area contributed by atoms with Gasteiger partial charge in [0.05, 0.1) is 0 Å². The molecule has 0 saturated heterocycles. The zero-order valence-electron chi connectivity index (χ0n) is 11.1. The van der Waals surface area contributed by atoms with Crippen LogP contribution in [0.5, 0.6) is 0 Å². The molecule has 0 N–H and O–H groups in total. The van der Waals surface area contributed by atoms with Gasteiger partial charge in [-0.3, -0.25) is 0 Å². The predicted octanol–water partition coefficient (Wildman–Crippen LogP) is 3.57. The molecule has 0 amide bonds. The number of cyclic esters (lactones) is 1. The summed E-state index contributed by atoms with van der Waals surface area (Å²) in [6.45, 7) is 0. The number of nitrogens with zero attached hydrogens (tertiary/aromatic N) is 1. The molecule has 0 radical (unpaired) electrons. The van der Waals surface area contributed by atoms with Gasteiger partial charge in [0.2, 0.25) is 5.90 Å². The van der Waals surface area contributed by atoms with Gasteiger partial charge in [0.25, 0.3) is 0 Å². The van der Waals surface area contributed by atoms with Gasteiger partial charge in [0.15, 0.2) is 5.54 Å². The average Bonchev–Trinajstić information content (AvgIpc) is 3.14. The third kappa shape index (κ3) is 1.96. The molecule has 1 spiro atoms. The summed E-state index contributed by atoms with van der Waals surface area (Å²) in [5.41, 5.74) is 1.19. The first-order valence-corrected chi connectivity index (χ1v) is 7.20. The molecule has 0 aromatic heterocycles. The van der Waals surface area contributed by atoms with Gasteiger partial charge in [-0.1, -0.05) is 41.9 Å². The van der Waals surface area contributed by atoms with E-state index < -0.39 is 5.54 Å². The third-order valence-corrected chi connectivity index (χ3v) is 4.32. The Morgan fingerprint density at radius 1 is 1.10 bits per heavy atom. The molecule has 1 fully saturated rings. The summed E-state index contributed by atoms with van der Waals surface area (Å²) < 4.78 is 5.39. The van der Waals surface area contributed by atoms with Crippen molar-refractivity contribution in [3.63, 3.8) is 0 Å². The van der Waals surface area contributed by atoms with E-state index in [1.807, 2.05) is 54.6 Å². The van der Waals surface area contributed by atoms with Gasteiger partial charge in [-0.05, 0) is 36.2 Å². The summed E-state index contributed by atoms with van der Waals surface area (Å²) in [7, 11) is 0. The second-order valence-electron chi connectivity index (χ2n) is 5.41. The summed E-state index contributed by atoms with van der Waals surface area (Å²) in [5.74, 6) is 0.266. The standard InChI is InChI=1S/C17H12ClNO2/c18-13-8-6-11(7-9-13)14-10-17(14)16(20)21-15(19-17)12-4-2-1-3-5-12/h1-9,14H,10H2/t14-,17?/m1/s1. The van der Waals surface area contributed by atoms with E-state index in [2.05, 4.69) is 4.99 Å². The first-order valence-electron chi connectivity index (χ1n) is 6.82. The lowest BCUT2D eigenvalue weighted by atomic mass is 10.1. The number of ether oxygens (including phenoxy) is 1. The molecule has 2 aromatic rings. The normalized spacial score (nSPS) is 26.6. The minimum absolute atomic E-state index is 0.0866. The molecule has 2 aromatic carbocycles. The van der Waals surface area contributed by atoms with Crippen LogP contribution in [-0.2, 0) is 9.53 Å². The van der Waals surface area contributed by atoms with Gasteiger partial charge < -0.3 is 4.74 Å². The van der Waals surface area contributed by atoms with Crippen molar-refractivity contribution in [2.45, 2.75) is 17.9 Å². The lowest BCUT2D eigenvalue weighted by molar-refractivity contribution is -0.136. The zero-order valence-corrected chi connectivity index (χ0v) is 11.9.